The predicted molar refractivity (Wildman–Crippen MR) is 76.1 cm³/mol. The number of phenolic OH excluding ortho intramolecular Hbond substituents is 1. The highest BCUT2D eigenvalue weighted by Crippen LogP contribution is 2.36. The zero-order valence-corrected chi connectivity index (χ0v) is 10.4. The lowest BCUT2D eigenvalue weighted by Gasteiger charge is -2.09. The third kappa shape index (κ3) is 1.83. The quantitative estimate of drug-likeness (QED) is 0.657. The molecule has 0 saturated heterocycles. The lowest BCUT2D eigenvalue weighted by Crippen LogP contribution is -1.82. The van der Waals surface area contributed by atoms with Gasteiger partial charge in [-0.2, -0.15) is 0 Å². The van der Waals surface area contributed by atoms with Gasteiger partial charge in [-0.25, -0.2) is 0 Å². The van der Waals surface area contributed by atoms with E-state index in [4.69, 9.17) is 11.6 Å². The Hall–Kier alpha value is -1.99. The highest BCUT2D eigenvalue weighted by molar-refractivity contribution is 6.30. The monoisotopic (exact) mass is 254 g/mol. The van der Waals surface area contributed by atoms with Crippen LogP contribution in [0.4, 0.5) is 0 Å². The summed E-state index contributed by atoms with van der Waals surface area (Å²) in [5.41, 5.74) is 1.82. The Kier molecular flexibility index (Phi) is 2.69. The molecule has 0 bridgehead atoms. The smallest absolute Gasteiger partial charge is 0.124 e. The van der Waals surface area contributed by atoms with Crippen molar-refractivity contribution in [3.8, 4) is 16.9 Å². The average Bonchev–Trinajstić information content (AvgIpc) is 2.40. The molecule has 0 saturated carbocycles. The highest BCUT2D eigenvalue weighted by atomic mass is 35.5. The van der Waals surface area contributed by atoms with Crippen molar-refractivity contribution in [2.75, 3.05) is 0 Å². The van der Waals surface area contributed by atoms with E-state index in [2.05, 4.69) is 0 Å². The van der Waals surface area contributed by atoms with Gasteiger partial charge in [0.2, 0.25) is 0 Å². The van der Waals surface area contributed by atoms with Crippen LogP contribution in [0.2, 0.25) is 5.02 Å². The summed E-state index contributed by atoms with van der Waals surface area (Å²) in [5, 5.41) is 12.9. The first-order valence-electron chi connectivity index (χ1n) is 5.72. The zero-order chi connectivity index (χ0) is 12.5. The minimum Gasteiger partial charge on any atom is -0.507 e. The lowest BCUT2D eigenvalue weighted by atomic mass is 9.97. The van der Waals surface area contributed by atoms with E-state index in [-0.39, 0.29) is 5.75 Å². The Morgan fingerprint density at radius 3 is 2.28 bits per heavy atom. The number of hydrogen-bond acceptors (Lipinski definition) is 1. The van der Waals surface area contributed by atoms with Crippen LogP contribution >= 0.6 is 11.6 Å². The molecule has 88 valence electrons. The second-order valence-electron chi connectivity index (χ2n) is 4.19. The van der Waals surface area contributed by atoms with E-state index in [0.717, 1.165) is 21.9 Å². The van der Waals surface area contributed by atoms with Gasteiger partial charge < -0.3 is 5.11 Å². The van der Waals surface area contributed by atoms with Crippen molar-refractivity contribution >= 4 is 22.4 Å². The van der Waals surface area contributed by atoms with Gasteiger partial charge in [0.15, 0.2) is 0 Å². The number of benzene rings is 3. The van der Waals surface area contributed by atoms with Crippen LogP contribution in [-0.4, -0.2) is 5.11 Å². The van der Waals surface area contributed by atoms with E-state index in [0.29, 0.717) is 5.02 Å². The van der Waals surface area contributed by atoms with Crippen LogP contribution in [0, 0.1) is 0 Å². The molecule has 0 fully saturated rings. The highest BCUT2D eigenvalue weighted by Gasteiger charge is 2.08. The van der Waals surface area contributed by atoms with Crippen molar-refractivity contribution in [3.63, 3.8) is 0 Å². The molecule has 3 rings (SSSR count). The van der Waals surface area contributed by atoms with Crippen molar-refractivity contribution in [2.45, 2.75) is 0 Å². The topological polar surface area (TPSA) is 20.2 Å². The van der Waals surface area contributed by atoms with Crippen molar-refractivity contribution in [1.29, 1.82) is 0 Å². The van der Waals surface area contributed by atoms with E-state index in [1.165, 1.54) is 0 Å². The Labute approximate surface area is 110 Å². The van der Waals surface area contributed by atoms with Crippen LogP contribution in [0.1, 0.15) is 0 Å². The molecule has 1 N–H and O–H groups in total. The molecule has 0 unspecified atom stereocenters. The third-order valence-electron chi connectivity index (χ3n) is 3.04. The summed E-state index contributed by atoms with van der Waals surface area (Å²) in [4.78, 5) is 0. The van der Waals surface area contributed by atoms with Gasteiger partial charge in [0.25, 0.3) is 0 Å². The van der Waals surface area contributed by atoms with Gasteiger partial charge in [-0.05, 0) is 34.5 Å². The Morgan fingerprint density at radius 1 is 0.778 bits per heavy atom. The first-order valence-corrected chi connectivity index (χ1v) is 6.10. The molecule has 0 atom stereocenters. The molecule has 1 nitrogen and oxygen atoms in total. The first-order chi connectivity index (χ1) is 8.75. The van der Waals surface area contributed by atoms with E-state index in [1.807, 2.05) is 54.6 Å². The van der Waals surface area contributed by atoms with Crippen molar-refractivity contribution in [1.82, 2.24) is 0 Å². The fraction of sp³-hybridized carbons (Fsp3) is 0. The van der Waals surface area contributed by atoms with E-state index in [9.17, 15) is 5.11 Å². The molecule has 0 aromatic heterocycles. The van der Waals surface area contributed by atoms with E-state index < -0.39 is 0 Å². The molecule has 2 heteroatoms. The largest absolute Gasteiger partial charge is 0.507 e. The average molecular weight is 255 g/mol. The number of hydrogen-bond donors (Lipinski definition) is 1. The van der Waals surface area contributed by atoms with Gasteiger partial charge in [-0.3, -0.25) is 0 Å². The third-order valence-corrected chi connectivity index (χ3v) is 3.29. The summed E-state index contributed by atoms with van der Waals surface area (Å²) < 4.78 is 0. The van der Waals surface area contributed by atoms with Crippen LogP contribution < -0.4 is 0 Å². The summed E-state index contributed by atoms with van der Waals surface area (Å²) in [6.45, 7) is 0. The fourth-order valence-electron chi connectivity index (χ4n) is 2.18. The van der Waals surface area contributed by atoms with Crippen LogP contribution in [-0.2, 0) is 0 Å². The van der Waals surface area contributed by atoms with Crippen molar-refractivity contribution in [3.05, 3.63) is 65.7 Å². The molecular weight excluding hydrogens is 244 g/mol. The van der Waals surface area contributed by atoms with Crippen molar-refractivity contribution < 1.29 is 5.11 Å². The number of rotatable bonds is 1. The zero-order valence-electron chi connectivity index (χ0n) is 9.60. The van der Waals surface area contributed by atoms with Gasteiger partial charge in [0, 0.05) is 10.6 Å². The molecule has 0 spiro atoms. The summed E-state index contributed by atoms with van der Waals surface area (Å²) in [6.07, 6.45) is 0. The molecule has 0 aliphatic heterocycles. The Balaban J connectivity index is 2.33. The van der Waals surface area contributed by atoms with Gasteiger partial charge in [-0.1, -0.05) is 54.1 Å². The SMILES string of the molecule is Oc1ccc2ccccc2c1-c1ccc(Cl)cc1. The van der Waals surface area contributed by atoms with Gasteiger partial charge in [0.05, 0.1) is 0 Å². The van der Waals surface area contributed by atoms with Crippen molar-refractivity contribution in [2.24, 2.45) is 0 Å². The molecule has 3 aromatic rings. The maximum Gasteiger partial charge on any atom is 0.124 e. The maximum absolute atomic E-state index is 10.1. The second kappa shape index (κ2) is 4.35. The fourth-order valence-corrected chi connectivity index (χ4v) is 2.31. The number of aromatic hydroxyl groups is 1. The van der Waals surface area contributed by atoms with Crippen LogP contribution in [0.5, 0.6) is 5.75 Å². The summed E-state index contributed by atoms with van der Waals surface area (Å²) in [6, 6.07) is 19.2. The minimum absolute atomic E-state index is 0.288. The standard InChI is InChI=1S/C16H11ClO/c17-13-8-5-12(6-9-13)16-14-4-2-1-3-11(14)7-10-15(16)18/h1-10,18H. The summed E-state index contributed by atoms with van der Waals surface area (Å²) >= 11 is 5.89. The van der Waals surface area contributed by atoms with Gasteiger partial charge in [0.1, 0.15) is 5.75 Å². The Morgan fingerprint density at radius 2 is 1.50 bits per heavy atom. The summed E-state index contributed by atoms with van der Waals surface area (Å²) in [7, 11) is 0. The number of phenols is 1. The van der Waals surface area contributed by atoms with Crippen LogP contribution in [0.25, 0.3) is 21.9 Å². The van der Waals surface area contributed by atoms with Crippen LogP contribution in [0.15, 0.2) is 60.7 Å². The molecular formula is C16H11ClO. The molecule has 0 aliphatic carbocycles. The van der Waals surface area contributed by atoms with E-state index in [1.54, 1.807) is 6.07 Å². The molecule has 0 aliphatic rings. The normalized spacial score (nSPS) is 10.7. The minimum atomic E-state index is 0.288. The molecule has 0 heterocycles. The molecule has 18 heavy (non-hydrogen) atoms. The summed E-state index contributed by atoms with van der Waals surface area (Å²) in [5.74, 6) is 0.288. The first kappa shape index (κ1) is 11.1. The Bertz CT molecular complexity index is 702. The van der Waals surface area contributed by atoms with Crippen LogP contribution in [0.3, 0.4) is 0 Å². The molecule has 0 radical (unpaired) electrons. The lowest BCUT2D eigenvalue weighted by molar-refractivity contribution is 0.478. The van der Waals surface area contributed by atoms with E-state index >= 15 is 0 Å². The maximum atomic E-state index is 10.1. The second-order valence-corrected chi connectivity index (χ2v) is 4.62. The number of halogens is 1. The molecule has 3 aromatic carbocycles. The number of fused-ring (bicyclic) bond motifs is 1. The predicted octanol–water partition coefficient (Wildman–Crippen LogP) is 4.87. The van der Waals surface area contributed by atoms with Gasteiger partial charge in [-0.15, -0.1) is 0 Å². The molecule has 0 amide bonds. The van der Waals surface area contributed by atoms with Gasteiger partial charge >= 0.3 is 0 Å².